The maximum Gasteiger partial charge on any atom is 0.259 e. The Hall–Kier alpha value is -1.52. The van der Waals surface area contributed by atoms with E-state index in [0.717, 1.165) is 4.47 Å². The Bertz CT molecular complexity index is 616. The van der Waals surface area contributed by atoms with E-state index >= 15 is 0 Å². The van der Waals surface area contributed by atoms with Crippen LogP contribution in [0.1, 0.15) is 10.4 Å². The van der Waals surface area contributed by atoms with Crippen LogP contribution in [0.4, 0.5) is 5.69 Å². The van der Waals surface area contributed by atoms with E-state index in [0.29, 0.717) is 22.0 Å². The number of nitrogens with one attached hydrogen (secondary N) is 1. The van der Waals surface area contributed by atoms with E-state index in [1.165, 1.54) is 7.11 Å². The highest BCUT2D eigenvalue weighted by Crippen LogP contribution is 2.26. The molecule has 1 amide bonds. The van der Waals surface area contributed by atoms with Crippen LogP contribution in [0.3, 0.4) is 0 Å². The van der Waals surface area contributed by atoms with Crippen molar-refractivity contribution in [3.8, 4) is 5.75 Å². The number of hydrogen-bond donors (Lipinski definition) is 1. The first-order chi connectivity index (χ1) is 9.11. The molecule has 5 heteroatoms. The normalized spacial score (nSPS) is 10.1. The molecule has 0 saturated heterocycles. The molecule has 19 heavy (non-hydrogen) atoms. The maximum atomic E-state index is 12.2. The molecule has 0 unspecified atom stereocenters. The Morgan fingerprint density at radius 1 is 1.26 bits per heavy atom. The predicted molar refractivity (Wildman–Crippen MR) is 80.1 cm³/mol. The molecule has 2 aromatic carbocycles. The third kappa shape index (κ3) is 3.28. The second kappa shape index (κ2) is 6.08. The van der Waals surface area contributed by atoms with Crippen molar-refractivity contribution in [3.05, 3.63) is 57.5 Å². The van der Waals surface area contributed by atoms with Crippen molar-refractivity contribution in [1.29, 1.82) is 0 Å². The van der Waals surface area contributed by atoms with Gasteiger partial charge in [0.25, 0.3) is 5.91 Å². The molecule has 0 bridgehead atoms. The van der Waals surface area contributed by atoms with Crippen LogP contribution in [0.25, 0.3) is 0 Å². The van der Waals surface area contributed by atoms with Gasteiger partial charge >= 0.3 is 0 Å². The lowest BCUT2D eigenvalue weighted by molar-refractivity contribution is 0.102. The third-order valence-electron chi connectivity index (χ3n) is 2.53. The summed E-state index contributed by atoms with van der Waals surface area (Å²) in [5, 5.41) is 3.39. The predicted octanol–water partition coefficient (Wildman–Crippen LogP) is 4.36. The minimum absolute atomic E-state index is 0.230. The van der Waals surface area contributed by atoms with Crippen molar-refractivity contribution in [3.63, 3.8) is 0 Å². The average molecular weight is 341 g/mol. The lowest BCUT2D eigenvalue weighted by atomic mass is 10.2. The molecule has 0 spiro atoms. The SMILES string of the molecule is COc1ccccc1C(=O)Nc1ccc(Cl)c(Br)c1. The molecule has 0 aliphatic heterocycles. The smallest absolute Gasteiger partial charge is 0.259 e. The van der Waals surface area contributed by atoms with Gasteiger partial charge in [-0.25, -0.2) is 0 Å². The van der Waals surface area contributed by atoms with Crippen LogP contribution >= 0.6 is 27.5 Å². The summed E-state index contributed by atoms with van der Waals surface area (Å²) in [7, 11) is 1.53. The zero-order valence-corrected chi connectivity index (χ0v) is 12.5. The number of para-hydroxylation sites is 1. The van der Waals surface area contributed by atoms with Crippen LogP contribution in [0.5, 0.6) is 5.75 Å². The number of rotatable bonds is 3. The van der Waals surface area contributed by atoms with Crippen molar-refractivity contribution in [2.24, 2.45) is 0 Å². The highest BCUT2D eigenvalue weighted by molar-refractivity contribution is 9.10. The largest absolute Gasteiger partial charge is 0.496 e. The van der Waals surface area contributed by atoms with Crippen molar-refractivity contribution in [1.82, 2.24) is 0 Å². The molecule has 2 aromatic rings. The standard InChI is InChI=1S/C14H11BrClNO2/c1-19-13-5-3-2-4-10(13)14(18)17-9-6-7-12(16)11(15)8-9/h2-8H,1H3,(H,17,18). The minimum Gasteiger partial charge on any atom is -0.496 e. The van der Waals surface area contributed by atoms with E-state index in [1.54, 1.807) is 36.4 Å². The molecule has 0 aliphatic rings. The van der Waals surface area contributed by atoms with E-state index < -0.39 is 0 Å². The summed E-state index contributed by atoms with van der Waals surface area (Å²) in [4.78, 5) is 12.2. The number of halogens is 2. The summed E-state index contributed by atoms with van der Waals surface area (Å²) in [6.07, 6.45) is 0. The number of amides is 1. The van der Waals surface area contributed by atoms with Gasteiger partial charge in [0, 0.05) is 10.2 Å². The molecule has 1 N–H and O–H groups in total. The van der Waals surface area contributed by atoms with E-state index in [-0.39, 0.29) is 5.91 Å². The molecule has 0 aliphatic carbocycles. The molecular weight excluding hydrogens is 330 g/mol. The van der Waals surface area contributed by atoms with Gasteiger partial charge in [-0.15, -0.1) is 0 Å². The summed E-state index contributed by atoms with van der Waals surface area (Å²) >= 11 is 9.21. The number of methoxy groups -OCH3 is 1. The summed E-state index contributed by atoms with van der Waals surface area (Å²) in [6.45, 7) is 0. The van der Waals surface area contributed by atoms with Gasteiger partial charge in [0.2, 0.25) is 0 Å². The number of carbonyl (C=O) groups is 1. The molecule has 98 valence electrons. The Morgan fingerprint density at radius 3 is 2.68 bits per heavy atom. The van der Waals surface area contributed by atoms with Crippen molar-refractivity contribution in [2.45, 2.75) is 0 Å². The number of ether oxygens (including phenoxy) is 1. The fraction of sp³-hybridized carbons (Fsp3) is 0.0714. The zero-order valence-electron chi connectivity index (χ0n) is 10.1. The van der Waals surface area contributed by atoms with Crippen LogP contribution in [-0.2, 0) is 0 Å². The van der Waals surface area contributed by atoms with Gasteiger partial charge in [-0.05, 0) is 46.3 Å². The molecule has 0 atom stereocenters. The van der Waals surface area contributed by atoms with E-state index in [2.05, 4.69) is 21.2 Å². The zero-order chi connectivity index (χ0) is 13.8. The first-order valence-corrected chi connectivity index (χ1v) is 6.68. The van der Waals surface area contributed by atoms with Gasteiger partial charge in [0.1, 0.15) is 5.75 Å². The first-order valence-electron chi connectivity index (χ1n) is 5.51. The van der Waals surface area contributed by atoms with Crippen LogP contribution in [-0.4, -0.2) is 13.0 Å². The number of anilines is 1. The Kier molecular flexibility index (Phi) is 4.45. The third-order valence-corrected chi connectivity index (χ3v) is 3.74. The van der Waals surface area contributed by atoms with E-state index in [1.807, 2.05) is 6.07 Å². The number of benzene rings is 2. The van der Waals surface area contributed by atoms with Gasteiger partial charge in [-0.2, -0.15) is 0 Å². The Labute approximate surface area is 124 Å². The van der Waals surface area contributed by atoms with Crippen molar-refractivity contribution < 1.29 is 9.53 Å². The molecule has 0 heterocycles. The van der Waals surface area contributed by atoms with E-state index in [4.69, 9.17) is 16.3 Å². The molecule has 0 saturated carbocycles. The fourth-order valence-electron chi connectivity index (χ4n) is 1.60. The molecular formula is C14H11BrClNO2. The topological polar surface area (TPSA) is 38.3 Å². The Balaban J connectivity index is 2.23. The van der Waals surface area contributed by atoms with Gasteiger partial charge < -0.3 is 10.1 Å². The van der Waals surface area contributed by atoms with Crippen LogP contribution < -0.4 is 10.1 Å². The lowest BCUT2D eigenvalue weighted by Crippen LogP contribution is -2.13. The maximum absolute atomic E-state index is 12.2. The second-order valence-corrected chi connectivity index (χ2v) is 5.04. The van der Waals surface area contributed by atoms with Crippen LogP contribution in [0.2, 0.25) is 5.02 Å². The molecule has 0 aromatic heterocycles. The van der Waals surface area contributed by atoms with Gasteiger partial charge in [0.05, 0.1) is 17.7 Å². The summed E-state index contributed by atoms with van der Waals surface area (Å²) in [6, 6.07) is 12.2. The highest BCUT2D eigenvalue weighted by atomic mass is 79.9. The van der Waals surface area contributed by atoms with Crippen molar-refractivity contribution in [2.75, 3.05) is 12.4 Å². The molecule has 2 rings (SSSR count). The lowest BCUT2D eigenvalue weighted by Gasteiger charge is -2.09. The van der Waals surface area contributed by atoms with E-state index in [9.17, 15) is 4.79 Å². The van der Waals surface area contributed by atoms with Crippen molar-refractivity contribution >= 4 is 39.1 Å². The van der Waals surface area contributed by atoms with Crippen LogP contribution in [0.15, 0.2) is 46.9 Å². The fourth-order valence-corrected chi connectivity index (χ4v) is 2.10. The summed E-state index contributed by atoms with van der Waals surface area (Å²) < 4.78 is 5.88. The molecule has 0 radical (unpaired) electrons. The monoisotopic (exact) mass is 339 g/mol. The molecule has 3 nitrogen and oxygen atoms in total. The summed E-state index contributed by atoms with van der Waals surface area (Å²) in [5.74, 6) is 0.305. The number of carbonyl (C=O) groups excluding carboxylic acids is 1. The average Bonchev–Trinajstić information content (AvgIpc) is 2.43. The number of hydrogen-bond acceptors (Lipinski definition) is 2. The summed E-state index contributed by atoms with van der Waals surface area (Å²) in [5.41, 5.74) is 1.14. The molecule has 0 fully saturated rings. The first kappa shape index (κ1) is 13.9. The quantitative estimate of drug-likeness (QED) is 0.901. The van der Waals surface area contributed by atoms with Gasteiger partial charge in [-0.3, -0.25) is 4.79 Å². The van der Waals surface area contributed by atoms with Gasteiger partial charge in [-0.1, -0.05) is 23.7 Å². The second-order valence-electron chi connectivity index (χ2n) is 3.78. The highest BCUT2D eigenvalue weighted by Gasteiger charge is 2.11. The Morgan fingerprint density at radius 2 is 2.00 bits per heavy atom. The minimum atomic E-state index is -0.230. The van der Waals surface area contributed by atoms with Crippen LogP contribution in [0, 0.1) is 0 Å². The van der Waals surface area contributed by atoms with Gasteiger partial charge in [0.15, 0.2) is 0 Å².